The first-order valence-electron chi connectivity index (χ1n) is 2.08. The summed E-state index contributed by atoms with van der Waals surface area (Å²) in [5.41, 5.74) is 6.77. The Labute approximate surface area is 54.9 Å². The van der Waals surface area contributed by atoms with Gasteiger partial charge in [-0.15, -0.1) is 6.42 Å². The summed E-state index contributed by atoms with van der Waals surface area (Å²) in [7, 11) is 0. The number of hydrogen-bond donors (Lipinski definition) is 0. The lowest BCUT2D eigenvalue weighted by molar-refractivity contribution is 2.06. The molecule has 9 heavy (non-hydrogen) atoms. The molecule has 0 heteroatoms. The predicted octanol–water partition coefficient (Wildman–Crippen LogP) is 0.881. The average molecular weight is 110 g/mol. The lowest BCUT2D eigenvalue weighted by Crippen LogP contribution is -1.44. The molecule has 0 aliphatic rings. The second kappa shape index (κ2) is 6.11. The molecule has 0 nitrogen and oxygen atoms in total. The molecule has 0 atom stereocenters. The van der Waals surface area contributed by atoms with Crippen molar-refractivity contribution in [1.82, 2.24) is 0 Å². The Morgan fingerprint density at radius 2 is 2.22 bits per heavy atom. The molecule has 0 aliphatic carbocycles. The Morgan fingerprint density at radius 1 is 1.44 bits per heavy atom. The molecule has 0 unspecified atom stereocenters. The Morgan fingerprint density at radius 3 is 2.78 bits per heavy atom. The van der Waals surface area contributed by atoms with Crippen molar-refractivity contribution in [2.45, 2.75) is 0 Å². The van der Waals surface area contributed by atoms with Crippen LogP contribution in [0.15, 0.2) is 17.2 Å². The van der Waals surface area contributed by atoms with Crippen molar-refractivity contribution in [2.75, 3.05) is 0 Å². The van der Waals surface area contributed by atoms with Gasteiger partial charge in [-0.2, -0.15) is 11.8 Å². The average Bonchev–Trinajstić information content (AvgIpc) is 1.89. The maximum absolute atomic E-state index is 4.79. The van der Waals surface area contributed by atoms with Crippen LogP contribution in [0.5, 0.6) is 0 Å². The van der Waals surface area contributed by atoms with Crippen LogP contribution in [0.1, 0.15) is 0 Å². The van der Waals surface area contributed by atoms with E-state index in [1.165, 1.54) is 0 Å². The zero-order valence-electron chi connectivity index (χ0n) is 4.65. The highest BCUT2D eigenvalue weighted by Crippen LogP contribution is 1.56. The summed E-state index contributed by atoms with van der Waals surface area (Å²) in [6.07, 6.45) is 7.17. The SMILES string of the molecule is C#CC#C[C-]=C=C=C=[CH+]. The van der Waals surface area contributed by atoms with E-state index in [-0.39, 0.29) is 0 Å². The van der Waals surface area contributed by atoms with Gasteiger partial charge in [0.15, 0.2) is 0 Å². The zero-order chi connectivity index (χ0) is 6.95. The molecule has 38 valence electrons. The Balaban J connectivity index is 4.25. The third-order valence-corrected chi connectivity index (χ3v) is 0.394. The third-order valence-electron chi connectivity index (χ3n) is 0.394. The highest BCUT2D eigenvalue weighted by Gasteiger charge is 1.46. The van der Waals surface area contributed by atoms with Crippen molar-refractivity contribution < 1.29 is 0 Å². The number of hydrogen-bond acceptors (Lipinski definition) is 0. The minimum absolute atomic E-state index is 2.10. The molecular weight excluding hydrogens is 108 g/mol. The van der Waals surface area contributed by atoms with Gasteiger partial charge in [-0.3, -0.25) is 0 Å². The summed E-state index contributed by atoms with van der Waals surface area (Å²) in [4.78, 5) is 0. The normalized spacial score (nSPS) is 3.78. The summed E-state index contributed by atoms with van der Waals surface area (Å²) in [6, 6.07) is 0. The Bertz CT molecular complexity index is 283. The largest absolute Gasteiger partial charge is 0.221 e. The van der Waals surface area contributed by atoms with Crippen molar-refractivity contribution in [3.05, 3.63) is 29.8 Å². The molecule has 0 fully saturated rings. The fourth-order valence-corrected chi connectivity index (χ4v) is 0.166. The van der Waals surface area contributed by atoms with Crippen LogP contribution in [0.3, 0.4) is 0 Å². The summed E-state index contributed by atoms with van der Waals surface area (Å²) in [5, 5.41) is 0. The lowest BCUT2D eigenvalue weighted by Gasteiger charge is -1.59. The van der Waals surface area contributed by atoms with Gasteiger partial charge in [0.1, 0.15) is 6.58 Å². The molecule has 0 saturated heterocycles. The van der Waals surface area contributed by atoms with E-state index in [0.29, 0.717) is 0 Å². The van der Waals surface area contributed by atoms with Crippen LogP contribution in [0.4, 0.5) is 0 Å². The first-order valence-corrected chi connectivity index (χ1v) is 2.08. The van der Waals surface area contributed by atoms with Gasteiger partial charge in [0, 0.05) is 5.73 Å². The molecule has 0 aromatic rings. The van der Waals surface area contributed by atoms with Crippen LogP contribution in [0.25, 0.3) is 0 Å². The molecule has 0 bridgehead atoms. The van der Waals surface area contributed by atoms with E-state index >= 15 is 0 Å². The highest BCUT2D eigenvalue weighted by atomic mass is 13.5. The van der Waals surface area contributed by atoms with Gasteiger partial charge < -0.3 is 0 Å². The van der Waals surface area contributed by atoms with Crippen LogP contribution < -0.4 is 0 Å². The lowest BCUT2D eigenvalue weighted by atomic mass is 10.5. The maximum Gasteiger partial charge on any atom is 0.221 e. The van der Waals surface area contributed by atoms with Crippen molar-refractivity contribution in [3.63, 3.8) is 0 Å². The second-order valence-corrected chi connectivity index (χ2v) is 0.914. The predicted molar refractivity (Wildman–Crippen MR) is 34.7 cm³/mol. The fraction of sp³-hybridized carbons (Fsp3) is 0. The van der Waals surface area contributed by atoms with Crippen molar-refractivity contribution in [3.8, 4) is 24.2 Å². The summed E-state index contributed by atoms with van der Waals surface area (Å²) < 4.78 is 0. The molecule has 0 N–H and O–H groups in total. The molecule has 0 rings (SSSR count). The quantitative estimate of drug-likeness (QED) is 0.247. The van der Waals surface area contributed by atoms with Gasteiger partial charge in [-0.25, -0.2) is 0 Å². The fourth-order valence-electron chi connectivity index (χ4n) is 0.166. The van der Waals surface area contributed by atoms with Crippen molar-refractivity contribution in [1.29, 1.82) is 0 Å². The molecular formula is C9H2. The van der Waals surface area contributed by atoms with Crippen molar-refractivity contribution in [2.24, 2.45) is 0 Å². The monoisotopic (exact) mass is 110 g/mol. The summed E-state index contributed by atoms with van der Waals surface area (Å²) in [6.45, 7) is 4.79. The summed E-state index contributed by atoms with van der Waals surface area (Å²) >= 11 is 0. The van der Waals surface area contributed by atoms with E-state index in [1.54, 1.807) is 0 Å². The molecule has 0 heterocycles. The molecule has 0 aromatic heterocycles. The standard InChI is InChI=1S/C9H2/c1-3-5-7-9-8-6-4-2/h1-2H. The number of rotatable bonds is 0. The second-order valence-electron chi connectivity index (χ2n) is 0.914. The van der Waals surface area contributed by atoms with E-state index < -0.39 is 0 Å². The van der Waals surface area contributed by atoms with E-state index in [0.717, 1.165) is 0 Å². The van der Waals surface area contributed by atoms with Gasteiger partial charge in [-0.05, 0) is 6.08 Å². The van der Waals surface area contributed by atoms with Crippen LogP contribution in [0.2, 0.25) is 0 Å². The molecule has 0 spiro atoms. The first kappa shape index (κ1) is 7.11. The first-order chi connectivity index (χ1) is 4.41. The van der Waals surface area contributed by atoms with Gasteiger partial charge in [0.05, 0.1) is 0 Å². The summed E-state index contributed by atoms with van der Waals surface area (Å²) in [5.74, 6) is 6.77. The smallest absolute Gasteiger partial charge is 0.199 e. The minimum Gasteiger partial charge on any atom is -0.199 e. The van der Waals surface area contributed by atoms with Gasteiger partial charge in [0.25, 0.3) is 0 Å². The van der Waals surface area contributed by atoms with E-state index in [2.05, 4.69) is 41.0 Å². The van der Waals surface area contributed by atoms with Crippen LogP contribution in [-0.2, 0) is 0 Å². The molecule has 0 saturated carbocycles. The van der Waals surface area contributed by atoms with E-state index in [9.17, 15) is 0 Å². The van der Waals surface area contributed by atoms with Crippen LogP contribution in [0, 0.1) is 36.8 Å². The maximum atomic E-state index is 4.79. The van der Waals surface area contributed by atoms with E-state index in [4.69, 9.17) is 13.0 Å². The molecule has 0 aliphatic heterocycles. The molecule has 0 aromatic carbocycles. The van der Waals surface area contributed by atoms with Gasteiger partial charge in [-0.1, -0.05) is 5.92 Å². The van der Waals surface area contributed by atoms with E-state index in [1.807, 2.05) is 0 Å². The highest BCUT2D eigenvalue weighted by molar-refractivity contribution is 5.24. The van der Waals surface area contributed by atoms with Crippen LogP contribution >= 0.6 is 0 Å². The Kier molecular flexibility index (Phi) is 4.83. The molecule has 0 amide bonds. The third kappa shape index (κ3) is 6.11. The number of allylic oxidation sites excluding steroid dienone is 1. The van der Waals surface area contributed by atoms with Gasteiger partial charge in [0.2, 0.25) is 11.5 Å². The van der Waals surface area contributed by atoms with Gasteiger partial charge >= 0.3 is 0 Å². The van der Waals surface area contributed by atoms with Crippen molar-refractivity contribution >= 4 is 0 Å². The van der Waals surface area contributed by atoms with Crippen LogP contribution in [-0.4, -0.2) is 0 Å². The number of terminal acetylenes is 1. The molecule has 0 radical (unpaired) electrons. The minimum atomic E-state index is 2.10. The topological polar surface area (TPSA) is 0 Å². The zero-order valence-corrected chi connectivity index (χ0v) is 4.65. The Hall–Kier alpha value is -1.89.